The fourth-order valence-corrected chi connectivity index (χ4v) is 1.46. The molecule has 0 fully saturated rings. The number of carbonyl (C=O) groups is 1. The third-order valence-electron chi connectivity index (χ3n) is 2.08. The van der Waals surface area contributed by atoms with Gasteiger partial charge in [0.1, 0.15) is 0 Å². The van der Waals surface area contributed by atoms with E-state index in [0.717, 1.165) is 18.5 Å². The first-order chi connectivity index (χ1) is 6.77. The van der Waals surface area contributed by atoms with Crippen molar-refractivity contribution in [2.45, 2.75) is 33.1 Å². The normalized spacial score (nSPS) is 10.1. The lowest BCUT2D eigenvalue weighted by atomic mass is 10.1. The van der Waals surface area contributed by atoms with E-state index in [1.165, 1.54) is 5.56 Å². The van der Waals surface area contributed by atoms with Crippen LogP contribution in [-0.4, -0.2) is 17.6 Å². The van der Waals surface area contributed by atoms with Gasteiger partial charge in [0, 0.05) is 11.9 Å². The smallest absolute Gasteiger partial charge is 0.311 e. The SMILES string of the molecule is CCCc1cc[nH]c1CC(=O)OCC. The third-order valence-corrected chi connectivity index (χ3v) is 2.08. The Bertz CT molecular complexity index is 291. The van der Waals surface area contributed by atoms with E-state index in [-0.39, 0.29) is 5.97 Å². The third kappa shape index (κ3) is 2.91. The molecule has 78 valence electrons. The van der Waals surface area contributed by atoms with E-state index in [0.29, 0.717) is 13.0 Å². The molecular formula is C11H17NO2. The van der Waals surface area contributed by atoms with Crippen molar-refractivity contribution in [2.24, 2.45) is 0 Å². The number of aromatic nitrogens is 1. The van der Waals surface area contributed by atoms with Crippen LogP contribution in [0.15, 0.2) is 12.3 Å². The Balaban J connectivity index is 2.56. The van der Waals surface area contributed by atoms with Gasteiger partial charge in [-0.15, -0.1) is 0 Å². The Morgan fingerprint density at radius 3 is 2.93 bits per heavy atom. The van der Waals surface area contributed by atoms with Gasteiger partial charge in [0.05, 0.1) is 13.0 Å². The Morgan fingerprint density at radius 1 is 1.50 bits per heavy atom. The Kier molecular flexibility index (Phi) is 4.23. The van der Waals surface area contributed by atoms with Gasteiger partial charge in [-0.25, -0.2) is 0 Å². The Morgan fingerprint density at radius 2 is 2.29 bits per heavy atom. The topological polar surface area (TPSA) is 42.1 Å². The van der Waals surface area contributed by atoms with Crippen LogP contribution in [0.5, 0.6) is 0 Å². The van der Waals surface area contributed by atoms with Crippen LogP contribution < -0.4 is 0 Å². The van der Waals surface area contributed by atoms with Crippen molar-refractivity contribution in [3.8, 4) is 0 Å². The Labute approximate surface area is 84.5 Å². The number of H-pyrrole nitrogens is 1. The van der Waals surface area contributed by atoms with Gasteiger partial charge in [-0.3, -0.25) is 4.79 Å². The summed E-state index contributed by atoms with van der Waals surface area (Å²) in [5.74, 6) is -0.160. The van der Waals surface area contributed by atoms with Gasteiger partial charge in [-0.05, 0) is 25.0 Å². The zero-order chi connectivity index (χ0) is 10.4. The molecule has 0 aliphatic rings. The molecule has 3 heteroatoms. The predicted octanol–water partition coefficient (Wildman–Crippen LogP) is 2.07. The van der Waals surface area contributed by atoms with Crippen molar-refractivity contribution < 1.29 is 9.53 Å². The van der Waals surface area contributed by atoms with Gasteiger partial charge in [0.15, 0.2) is 0 Å². The van der Waals surface area contributed by atoms with Crippen molar-refractivity contribution in [3.63, 3.8) is 0 Å². The fourth-order valence-electron chi connectivity index (χ4n) is 1.46. The van der Waals surface area contributed by atoms with Crippen molar-refractivity contribution in [3.05, 3.63) is 23.5 Å². The molecule has 3 nitrogen and oxygen atoms in total. The summed E-state index contributed by atoms with van der Waals surface area (Å²) in [5.41, 5.74) is 2.21. The molecule has 1 N–H and O–H groups in total. The van der Waals surface area contributed by atoms with E-state index in [2.05, 4.69) is 11.9 Å². The molecule has 1 heterocycles. The minimum absolute atomic E-state index is 0.160. The number of hydrogen-bond acceptors (Lipinski definition) is 2. The van der Waals surface area contributed by atoms with Crippen LogP contribution in [0.1, 0.15) is 31.5 Å². The molecule has 0 spiro atoms. The monoisotopic (exact) mass is 195 g/mol. The molecule has 0 atom stereocenters. The van der Waals surface area contributed by atoms with Gasteiger partial charge >= 0.3 is 5.97 Å². The van der Waals surface area contributed by atoms with Gasteiger partial charge in [0.2, 0.25) is 0 Å². The van der Waals surface area contributed by atoms with E-state index >= 15 is 0 Å². The first-order valence-electron chi connectivity index (χ1n) is 5.08. The molecule has 0 amide bonds. The zero-order valence-corrected chi connectivity index (χ0v) is 8.80. The molecule has 0 saturated carbocycles. The van der Waals surface area contributed by atoms with E-state index in [1.807, 2.05) is 19.2 Å². The molecular weight excluding hydrogens is 178 g/mol. The predicted molar refractivity (Wildman–Crippen MR) is 55.1 cm³/mol. The number of hydrogen-bond donors (Lipinski definition) is 1. The maximum absolute atomic E-state index is 11.2. The average Bonchev–Trinajstić information content (AvgIpc) is 2.54. The van der Waals surface area contributed by atoms with Gasteiger partial charge < -0.3 is 9.72 Å². The minimum Gasteiger partial charge on any atom is -0.466 e. The highest BCUT2D eigenvalue weighted by Crippen LogP contribution is 2.10. The molecule has 14 heavy (non-hydrogen) atoms. The largest absolute Gasteiger partial charge is 0.466 e. The zero-order valence-electron chi connectivity index (χ0n) is 8.80. The quantitative estimate of drug-likeness (QED) is 0.731. The first kappa shape index (κ1) is 10.8. The molecule has 0 bridgehead atoms. The Hall–Kier alpha value is -1.25. The van der Waals surface area contributed by atoms with E-state index < -0.39 is 0 Å². The number of ether oxygens (including phenoxy) is 1. The average molecular weight is 195 g/mol. The first-order valence-corrected chi connectivity index (χ1v) is 5.08. The summed E-state index contributed by atoms with van der Waals surface area (Å²) in [6, 6.07) is 2.03. The summed E-state index contributed by atoms with van der Waals surface area (Å²) < 4.78 is 4.89. The van der Waals surface area contributed by atoms with E-state index in [9.17, 15) is 4.79 Å². The van der Waals surface area contributed by atoms with Crippen molar-refractivity contribution in [1.29, 1.82) is 0 Å². The minimum atomic E-state index is -0.160. The summed E-state index contributed by atoms with van der Waals surface area (Å²) in [4.78, 5) is 14.3. The van der Waals surface area contributed by atoms with Crippen LogP contribution in [0.4, 0.5) is 0 Å². The number of carbonyl (C=O) groups excluding carboxylic acids is 1. The molecule has 0 aliphatic carbocycles. The molecule has 0 saturated heterocycles. The summed E-state index contributed by atoms with van der Waals surface area (Å²) in [5, 5.41) is 0. The highest BCUT2D eigenvalue weighted by molar-refractivity contribution is 5.72. The maximum atomic E-state index is 11.2. The lowest BCUT2D eigenvalue weighted by molar-refractivity contribution is -0.142. The van der Waals surface area contributed by atoms with Crippen molar-refractivity contribution >= 4 is 5.97 Å². The lowest BCUT2D eigenvalue weighted by Crippen LogP contribution is -2.09. The second kappa shape index (κ2) is 5.47. The second-order valence-electron chi connectivity index (χ2n) is 3.21. The maximum Gasteiger partial charge on any atom is 0.311 e. The number of aromatic amines is 1. The van der Waals surface area contributed by atoms with Gasteiger partial charge in [-0.2, -0.15) is 0 Å². The number of aryl methyl sites for hydroxylation is 1. The molecule has 0 unspecified atom stereocenters. The van der Waals surface area contributed by atoms with Gasteiger partial charge in [0.25, 0.3) is 0 Å². The number of nitrogens with one attached hydrogen (secondary N) is 1. The summed E-state index contributed by atoms with van der Waals surface area (Å²) in [7, 11) is 0. The number of esters is 1. The molecule has 0 aliphatic heterocycles. The fraction of sp³-hybridized carbons (Fsp3) is 0.545. The number of rotatable bonds is 5. The summed E-state index contributed by atoms with van der Waals surface area (Å²) >= 11 is 0. The summed E-state index contributed by atoms with van der Waals surface area (Å²) in [6.07, 6.45) is 4.33. The molecule has 0 aromatic carbocycles. The van der Waals surface area contributed by atoms with Crippen LogP contribution in [0, 0.1) is 0 Å². The standard InChI is InChI=1S/C11H17NO2/c1-3-5-9-6-7-12-10(9)8-11(13)14-4-2/h6-7,12H,3-5,8H2,1-2H3. The highest BCUT2D eigenvalue weighted by atomic mass is 16.5. The van der Waals surface area contributed by atoms with Crippen molar-refractivity contribution in [1.82, 2.24) is 4.98 Å². The highest BCUT2D eigenvalue weighted by Gasteiger charge is 2.08. The van der Waals surface area contributed by atoms with Gasteiger partial charge in [-0.1, -0.05) is 13.3 Å². The van der Waals surface area contributed by atoms with E-state index in [1.54, 1.807) is 0 Å². The summed E-state index contributed by atoms with van der Waals surface area (Å²) in [6.45, 7) is 4.39. The van der Waals surface area contributed by atoms with Crippen LogP contribution in [0.25, 0.3) is 0 Å². The van der Waals surface area contributed by atoms with Crippen LogP contribution in [0.2, 0.25) is 0 Å². The molecule has 1 rings (SSSR count). The molecule has 0 radical (unpaired) electrons. The second-order valence-corrected chi connectivity index (χ2v) is 3.21. The van der Waals surface area contributed by atoms with Crippen LogP contribution in [-0.2, 0) is 22.4 Å². The molecule has 1 aromatic rings. The van der Waals surface area contributed by atoms with E-state index in [4.69, 9.17) is 4.74 Å². The van der Waals surface area contributed by atoms with Crippen LogP contribution in [0.3, 0.4) is 0 Å². The van der Waals surface area contributed by atoms with Crippen LogP contribution >= 0.6 is 0 Å². The lowest BCUT2D eigenvalue weighted by Gasteiger charge is -2.02. The molecule has 1 aromatic heterocycles. The van der Waals surface area contributed by atoms with Crippen molar-refractivity contribution in [2.75, 3.05) is 6.61 Å².